The summed E-state index contributed by atoms with van der Waals surface area (Å²) in [6.45, 7) is 10.2. The van der Waals surface area contributed by atoms with Crippen LogP contribution in [-0.2, 0) is 11.3 Å². The number of aromatic nitrogens is 1. The number of morpholine rings is 1. The number of hydrogen-bond donors (Lipinski definition) is 2. The standard InChI is InChI=1S/C23H32FN5O4/c1-17-2-3-19(24)20(12-17)26-23(31)21-16-33-22(25-21)15-28-6-4-27(5-7-28)13-18(30)14-29-8-10-32-11-9-29/h2-3,12,16,18,30H,4-11,13-15H2,1H3,(H,26,31)/t18-/m0/s1. The lowest BCUT2D eigenvalue weighted by Crippen LogP contribution is -2.50. The van der Waals surface area contributed by atoms with E-state index in [0.717, 1.165) is 58.0 Å². The highest BCUT2D eigenvalue weighted by Crippen LogP contribution is 2.17. The van der Waals surface area contributed by atoms with E-state index in [-0.39, 0.29) is 17.5 Å². The highest BCUT2D eigenvalue weighted by molar-refractivity contribution is 6.02. The molecule has 0 aliphatic carbocycles. The second-order valence-electron chi connectivity index (χ2n) is 8.71. The van der Waals surface area contributed by atoms with Gasteiger partial charge in [-0.1, -0.05) is 6.07 Å². The zero-order valence-corrected chi connectivity index (χ0v) is 19.0. The van der Waals surface area contributed by atoms with Crippen LogP contribution >= 0.6 is 0 Å². The second-order valence-corrected chi connectivity index (χ2v) is 8.71. The Morgan fingerprint density at radius 3 is 2.52 bits per heavy atom. The Morgan fingerprint density at radius 2 is 1.79 bits per heavy atom. The molecule has 0 saturated carbocycles. The molecule has 2 fully saturated rings. The fourth-order valence-corrected chi connectivity index (χ4v) is 4.17. The molecule has 9 nitrogen and oxygen atoms in total. The molecule has 2 aliphatic heterocycles. The molecule has 1 aromatic heterocycles. The lowest BCUT2D eigenvalue weighted by atomic mass is 10.2. The SMILES string of the molecule is Cc1ccc(F)c(NC(=O)c2coc(CN3CCN(C[C@H](O)CN4CCOCC4)CC3)n2)c1. The van der Waals surface area contributed by atoms with Crippen LogP contribution in [0.3, 0.4) is 0 Å². The number of carbonyl (C=O) groups is 1. The van der Waals surface area contributed by atoms with Crippen molar-refractivity contribution in [2.45, 2.75) is 19.6 Å². The summed E-state index contributed by atoms with van der Waals surface area (Å²) in [5.74, 6) is -0.551. The molecular weight excluding hydrogens is 429 g/mol. The molecular formula is C23H32FN5O4. The van der Waals surface area contributed by atoms with Gasteiger partial charge in [-0.25, -0.2) is 9.37 Å². The van der Waals surface area contributed by atoms with Gasteiger partial charge < -0.3 is 19.6 Å². The number of rotatable bonds is 8. The third-order valence-electron chi connectivity index (χ3n) is 6.02. The number of aliphatic hydroxyl groups excluding tert-OH is 1. The number of hydrogen-bond acceptors (Lipinski definition) is 8. The van der Waals surface area contributed by atoms with Crippen LogP contribution in [0.4, 0.5) is 10.1 Å². The minimum absolute atomic E-state index is 0.121. The lowest BCUT2D eigenvalue weighted by Gasteiger charge is -2.36. The van der Waals surface area contributed by atoms with Crippen molar-refractivity contribution in [3.8, 4) is 0 Å². The molecule has 33 heavy (non-hydrogen) atoms. The predicted molar refractivity (Wildman–Crippen MR) is 121 cm³/mol. The minimum atomic E-state index is -0.506. The number of ether oxygens (including phenoxy) is 1. The number of carbonyl (C=O) groups excluding carboxylic acids is 1. The smallest absolute Gasteiger partial charge is 0.277 e. The number of oxazole rings is 1. The van der Waals surface area contributed by atoms with Gasteiger partial charge in [0.15, 0.2) is 5.69 Å². The predicted octanol–water partition coefficient (Wildman–Crippen LogP) is 1.19. The van der Waals surface area contributed by atoms with Crippen molar-refractivity contribution < 1.29 is 23.4 Å². The Labute approximate surface area is 193 Å². The molecule has 0 bridgehead atoms. The molecule has 4 rings (SSSR count). The molecule has 2 aliphatic rings. The molecule has 1 atom stereocenters. The topological polar surface area (TPSA) is 94.3 Å². The molecule has 1 amide bonds. The van der Waals surface area contributed by atoms with Crippen molar-refractivity contribution in [3.05, 3.63) is 47.4 Å². The summed E-state index contributed by atoms with van der Waals surface area (Å²) in [6, 6.07) is 4.54. The van der Waals surface area contributed by atoms with Crippen molar-refractivity contribution >= 4 is 11.6 Å². The van der Waals surface area contributed by atoms with Gasteiger partial charge in [-0.05, 0) is 24.6 Å². The molecule has 2 aromatic rings. The molecule has 1 aromatic carbocycles. The summed E-state index contributed by atoms with van der Waals surface area (Å²) in [7, 11) is 0. The molecule has 2 N–H and O–H groups in total. The number of anilines is 1. The van der Waals surface area contributed by atoms with Crippen molar-refractivity contribution in [1.29, 1.82) is 0 Å². The van der Waals surface area contributed by atoms with Gasteiger partial charge in [0, 0.05) is 52.4 Å². The molecule has 0 radical (unpaired) electrons. The summed E-state index contributed by atoms with van der Waals surface area (Å²) >= 11 is 0. The summed E-state index contributed by atoms with van der Waals surface area (Å²) in [5, 5.41) is 13.0. The molecule has 0 unspecified atom stereocenters. The first-order valence-corrected chi connectivity index (χ1v) is 11.4. The van der Waals surface area contributed by atoms with E-state index in [9.17, 15) is 14.3 Å². The monoisotopic (exact) mass is 461 g/mol. The Morgan fingerprint density at radius 1 is 1.12 bits per heavy atom. The minimum Gasteiger partial charge on any atom is -0.447 e. The molecule has 3 heterocycles. The number of nitrogens with zero attached hydrogens (tertiary/aromatic N) is 4. The van der Waals surface area contributed by atoms with E-state index >= 15 is 0 Å². The van der Waals surface area contributed by atoms with Crippen molar-refractivity contribution in [1.82, 2.24) is 19.7 Å². The van der Waals surface area contributed by atoms with E-state index in [4.69, 9.17) is 9.15 Å². The quantitative estimate of drug-likeness (QED) is 0.606. The Bertz CT molecular complexity index is 925. The van der Waals surface area contributed by atoms with Crippen molar-refractivity contribution in [3.63, 3.8) is 0 Å². The first-order valence-electron chi connectivity index (χ1n) is 11.4. The van der Waals surface area contributed by atoms with Gasteiger partial charge >= 0.3 is 0 Å². The molecule has 2 saturated heterocycles. The number of β-amino-alcohol motifs (C(OH)–C–C–N with tert-alkyl or cyclic N) is 1. The second kappa shape index (κ2) is 11.2. The first kappa shape index (κ1) is 23.8. The van der Waals surface area contributed by atoms with Crippen LogP contribution in [0.5, 0.6) is 0 Å². The summed E-state index contributed by atoms with van der Waals surface area (Å²) < 4.78 is 24.7. The summed E-state index contributed by atoms with van der Waals surface area (Å²) in [6.07, 6.45) is 0.928. The highest BCUT2D eigenvalue weighted by atomic mass is 19.1. The number of amides is 1. The van der Waals surface area contributed by atoms with E-state index in [0.29, 0.717) is 25.5 Å². The maximum atomic E-state index is 13.9. The van der Waals surface area contributed by atoms with Gasteiger partial charge in [0.1, 0.15) is 12.1 Å². The number of nitrogens with one attached hydrogen (secondary N) is 1. The molecule has 0 spiro atoms. The third-order valence-corrected chi connectivity index (χ3v) is 6.02. The van der Waals surface area contributed by atoms with E-state index in [2.05, 4.69) is 25.0 Å². The largest absolute Gasteiger partial charge is 0.447 e. The van der Waals surface area contributed by atoms with Gasteiger partial charge in [-0.15, -0.1) is 0 Å². The lowest BCUT2D eigenvalue weighted by molar-refractivity contribution is 0.00187. The van der Waals surface area contributed by atoms with Gasteiger partial charge in [0.05, 0.1) is 31.5 Å². The van der Waals surface area contributed by atoms with Crippen LogP contribution in [0.15, 0.2) is 28.9 Å². The van der Waals surface area contributed by atoms with E-state index in [1.54, 1.807) is 12.1 Å². The molecule has 10 heteroatoms. The Balaban J connectivity index is 1.21. The summed E-state index contributed by atoms with van der Waals surface area (Å²) in [4.78, 5) is 23.4. The van der Waals surface area contributed by atoms with Crippen LogP contribution in [0.25, 0.3) is 0 Å². The van der Waals surface area contributed by atoms with Gasteiger partial charge in [0.25, 0.3) is 5.91 Å². The number of benzene rings is 1. The fourth-order valence-electron chi connectivity index (χ4n) is 4.17. The number of aryl methyl sites for hydroxylation is 1. The Hall–Kier alpha value is -2.37. The van der Waals surface area contributed by atoms with Gasteiger partial charge in [0.2, 0.25) is 5.89 Å². The van der Waals surface area contributed by atoms with Crippen LogP contribution < -0.4 is 5.32 Å². The zero-order chi connectivity index (χ0) is 23.2. The fraction of sp³-hybridized carbons (Fsp3) is 0.565. The van der Waals surface area contributed by atoms with Gasteiger partial charge in [-0.3, -0.25) is 19.5 Å². The average molecular weight is 462 g/mol. The van der Waals surface area contributed by atoms with E-state index < -0.39 is 11.7 Å². The highest BCUT2D eigenvalue weighted by Gasteiger charge is 2.23. The number of aliphatic hydroxyl groups is 1. The van der Waals surface area contributed by atoms with Gasteiger partial charge in [-0.2, -0.15) is 0 Å². The number of halogens is 1. The Kier molecular flexibility index (Phi) is 8.05. The zero-order valence-electron chi connectivity index (χ0n) is 19.0. The van der Waals surface area contributed by atoms with E-state index in [1.165, 1.54) is 12.3 Å². The maximum absolute atomic E-state index is 13.9. The van der Waals surface area contributed by atoms with Crippen molar-refractivity contribution in [2.24, 2.45) is 0 Å². The first-order chi connectivity index (χ1) is 16.0. The van der Waals surface area contributed by atoms with Crippen LogP contribution in [0.2, 0.25) is 0 Å². The maximum Gasteiger partial charge on any atom is 0.277 e. The van der Waals surface area contributed by atoms with Crippen LogP contribution in [-0.4, -0.2) is 102 Å². The third kappa shape index (κ3) is 6.81. The van der Waals surface area contributed by atoms with E-state index in [1.807, 2.05) is 6.92 Å². The van der Waals surface area contributed by atoms with Crippen LogP contribution in [0.1, 0.15) is 21.9 Å². The number of piperazine rings is 1. The normalized spacial score (nSPS) is 19.5. The van der Waals surface area contributed by atoms with Crippen molar-refractivity contribution in [2.75, 3.05) is 70.9 Å². The average Bonchev–Trinajstić information content (AvgIpc) is 3.27. The summed E-state index contributed by atoms with van der Waals surface area (Å²) in [5.41, 5.74) is 1.09. The van der Waals surface area contributed by atoms with Crippen LogP contribution in [0, 0.1) is 12.7 Å². The molecule has 180 valence electrons.